The van der Waals surface area contributed by atoms with Gasteiger partial charge >= 0.3 is 5.97 Å². The lowest BCUT2D eigenvalue weighted by Gasteiger charge is -2.08. The predicted molar refractivity (Wildman–Crippen MR) is 55.1 cm³/mol. The zero-order valence-electron chi connectivity index (χ0n) is 8.45. The average Bonchev–Trinajstić information content (AvgIpc) is 2.16. The van der Waals surface area contributed by atoms with Gasteiger partial charge in [-0.1, -0.05) is 29.8 Å². The van der Waals surface area contributed by atoms with Crippen LogP contribution in [0.1, 0.15) is 18.1 Å². The molecule has 1 rings (SSSR count). The van der Waals surface area contributed by atoms with Gasteiger partial charge in [0.05, 0.1) is 0 Å². The van der Waals surface area contributed by atoms with Gasteiger partial charge in [-0.3, -0.25) is 4.79 Å². The van der Waals surface area contributed by atoms with E-state index in [2.05, 4.69) is 5.32 Å². The van der Waals surface area contributed by atoms with E-state index in [1.54, 1.807) is 6.92 Å². The van der Waals surface area contributed by atoms with Crippen molar-refractivity contribution in [3.05, 3.63) is 35.4 Å². The molecule has 0 aromatic heterocycles. The quantitative estimate of drug-likeness (QED) is 0.763. The van der Waals surface area contributed by atoms with Crippen LogP contribution in [0.5, 0.6) is 0 Å². The highest BCUT2D eigenvalue weighted by molar-refractivity contribution is 5.72. The first-order valence-electron chi connectivity index (χ1n) is 4.61. The molecule has 3 nitrogen and oxygen atoms in total. The summed E-state index contributed by atoms with van der Waals surface area (Å²) in [5, 5.41) is 11.6. The van der Waals surface area contributed by atoms with Crippen LogP contribution in [0.2, 0.25) is 0 Å². The first kappa shape index (κ1) is 10.7. The van der Waals surface area contributed by atoms with E-state index in [4.69, 9.17) is 5.11 Å². The number of aliphatic carboxylic acids is 1. The molecule has 1 atom stereocenters. The molecule has 0 unspecified atom stereocenters. The Hall–Kier alpha value is -1.35. The molecule has 0 saturated heterocycles. The van der Waals surface area contributed by atoms with Crippen molar-refractivity contribution in [1.29, 1.82) is 0 Å². The summed E-state index contributed by atoms with van der Waals surface area (Å²) < 4.78 is 0. The number of aryl methyl sites for hydroxylation is 1. The van der Waals surface area contributed by atoms with Gasteiger partial charge in [0.1, 0.15) is 6.04 Å². The number of hydrogen-bond acceptors (Lipinski definition) is 2. The van der Waals surface area contributed by atoms with E-state index in [1.807, 2.05) is 31.2 Å². The molecule has 0 fully saturated rings. The molecule has 0 bridgehead atoms. The first-order chi connectivity index (χ1) is 6.59. The molecular formula is C11H15NO2. The molecule has 0 spiro atoms. The maximum atomic E-state index is 10.5. The van der Waals surface area contributed by atoms with Gasteiger partial charge in [0.25, 0.3) is 0 Å². The van der Waals surface area contributed by atoms with Crippen LogP contribution in [0.15, 0.2) is 24.3 Å². The second-order valence-corrected chi connectivity index (χ2v) is 3.43. The fraction of sp³-hybridized carbons (Fsp3) is 0.364. The molecule has 1 aromatic carbocycles. The average molecular weight is 193 g/mol. The van der Waals surface area contributed by atoms with Crippen LogP contribution in [-0.4, -0.2) is 17.1 Å². The molecule has 0 saturated carbocycles. The van der Waals surface area contributed by atoms with Gasteiger partial charge in [-0.15, -0.1) is 0 Å². The summed E-state index contributed by atoms with van der Waals surface area (Å²) in [7, 11) is 0. The van der Waals surface area contributed by atoms with Crippen LogP contribution in [0, 0.1) is 6.92 Å². The van der Waals surface area contributed by atoms with Crippen LogP contribution in [0.3, 0.4) is 0 Å². The Morgan fingerprint density at radius 3 is 2.50 bits per heavy atom. The highest BCUT2D eigenvalue weighted by Crippen LogP contribution is 2.02. The molecule has 0 aliphatic carbocycles. The second kappa shape index (κ2) is 4.77. The van der Waals surface area contributed by atoms with Crippen molar-refractivity contribution in [3.63, 3.8) is 0 Å². The fourth-order valence-corrected chi connectivity index (χ4v) is 1.06. The Morgan fingerprint density at radius 1 is 1.43 bits per heavy atom. The SMILES string of the molecule is Cc1ccc(CN[C@@H](C)C(=O)O)cc1. The number of hydrogen-bond donors (Lipinski definition) is 2. The molecule has 0 heterocycles. The van der Waals surface area contributed by atoms with Crippen LogP contribution >= 0.6 is 0 Å². The highest BCUT2D eigenvalue weighted by Gasteiger charge is 2.08. The third kappa shape index (κ3) is 3.18. The van der Waals surface area contributed by atoms with E-state index in [0.29, 0.717) is 6.54 Å². The largest absolute Gasteiger partial charge is 0.480 e. The maximum Gasteiger partial charge on any atom is 0.320 e. The number of rotatable bonds is 4. The Morgan fingerprint density at radius 2 is 2.00 bits per heavy atom. The molecule has 0 aliphatic rings. The monoisotopic (exact) mass is 193 g/mol. The molecule has 1 aromatic rings. The summed E-state index contributed by atoms with van der Waals surface area (Å²) in [4.78, 5) is 10.5. The van der Waals surface area contributed by atoms with Crippen molar-refractivity contribution in [2.24, 2.45) is 0 Å². The lowest BCUT2D eigenvalue weighted by Crippen LogP contribution is -2.33. The van der Waals surface area contributed by atoms with Gasteiger partial charge in [-0.2, -0.15) is 0 Å². The van der Waals surface area contributed by atoms with Gasteiger partial charge in [-0.25, -0.2) is 0 Å². The third-order valence-corrected chi connectivity index (χ3v) is 2.10. The second-order valence-electron chi connectivity index (χ2n) is 3.43. The Kier molecular flexibility index (Phi) is 3.65. The van der Waals surface area contributed by atoms with E-state index in [9.17, 15) is 4.79 Å². The van der Waals surface area contributed by atoms with Gasteiger partial charge < -0.3 is 10.4 Å². The minimum atomic E-state index is -0.822. The van der Waals surface area contributed by atoms with E-state index in [-0.39, 0.29) is 0 Å². The van der Waals surface area contributed by atoms with E-state index >= 15 is 0 Å². The Bertz CT molecular complexity index is 306. The van der Waals surface area contributed by atoms with Gasteiger partial charge in [0.2, 0.25) is 0 Å². The standard InChI is InChI=1S/C11H15NO2/c1-8-3-5-10(6-4-8)7-12-9(2)11(13)14/h3-6,9,12H,7H2,1-2H3,(H,13,14)/t9-/m0/s1. The van der Waals surface area contributed by atoms with Crippen molar-refractivity contribution >= 4 is 5.97 Å². The predicted octanol–water partition coefficient (Wildman–Crippen LogP) is 1.56. The summed E-state index contributed by atoms with van der Waals surface area (Å²) in [6.07, 6.45) is 0. The lowest BCUT2D eigenvalue weighted by molar-refractivity contribution is -0.139. The number of carboxylic acid groups (broad SMARTS) is 1. The molecule has 3 heteroatoms. The normalized spacial score (nSPS) is 12.4. The minimum Gasteiger partial charge on any atom is -0.480 e. The first-order valence-corrected chi connectivity index (χ1v) is 4.61. The van der Waals surface area contributed by atoms with Crippen LogP contribution in [0.25, 0.3) is 0 Å². The molecular weight excluding hydrogens is 178 g/mol. The summed E-state index contributed by atoms with van der Waals surface area (Å²) in [5.74, 6) is -0.822. The molecule has 0 amide bonds. The summed E-state index contributed by atoms with van der Waals surface area (Å²) >= 11 is 0. The van der Waals surface area contributed by atoms with Crippen molar-refractivity contribution in [2.45, 2.75) is 26.4 Å². The number of nitrogens with one attached hydrogen (secondary N) is 1. The van der Waals surface area contributed by atoms with Gasteiger partial charge in [0.15, 0.2) is 0 Å². The molecule has 14 heavy (non-hydrogen) atoms. The Balaban J connectivity index is 2.46. The zero-order valence-corrected chi connectivity index (χ0v) is 8.45. The van der Waals surface area contributed by atoms with Crippen LogP contribution in [-0.2, 0) is 11.3 Å². The summed E-state index contributed by atoms with van der Waals surface area (Å²) in [6, 6.07) is 7.52. The fourth-order valence-electron chi connectivity index (χ4n) is 1.06. The third-order valence-electron chi connectivity index (χ3n) is 2.10. The van der Waals surface area contributed by atoms with Crippen molar-refractivity contribution in [2.75, 3.05) is 0 Å². The van der Waals surface area contributed by atoms with Crippen molar-refractivity contribution in [3.8, 4) is 0 Å². The van der Waals surface area contributed by atoms with Crippen molar-refractivity contribution in [1.82, 2.24) is 5.32 Å². The van der Waals surface area contributed by atoms with E-state index in [0.717, 1.165) is 5.56 Å². The van der Waals surface area contributed by atoms with E-state index < -0.39 is 12.0 Å². The maximum absolute atomic E-state index is 10.5. The van der Waals surface area contributed by atoms with Crippen LogP contribution in [0.4, 0.5) is 0 Å². The van der Waals surface area contributed by atoms with Crippen LogP contribution < -0.4 is 5.32 Å². The summed E-state index contributed by atoms with van der Waals surface area (Å²) in [5.41, 5.74) is 2.31. The van der Waals surface area contributed by atoms with Crippen molar-refractivity contribution < 1.29 is 9.90 Å². The molecule has 2 N–H and O–H groups in total. The zero-order chi connectivity index (χ0) is 10.6. The molecule has 0 aliphatic heterocycles. The summed E-state index contributed by atoms with van der Waals surface area (Å²) in [6.45, 7) is 4.25. The smallest absolute Gasteiger partial charge is 0.320 e. The van der Waals surface area contributed by atoms with Gasteiger partial charge in [-0.05, 0) is 19.4 Å². The topological polar surface area (TPSA) is 49.3 Å². The minimum absolute atomic E-state index is 0.503. The van der Waals surface area contributed by atoms with E-state index in [1.165, 1.54) is 5.56 Å². The molecule has 0 radical (unpaired) electrons. The number of carboxylic acids is 1. The molecule has 76 valence electrons. The number of benzene rings is 1. The number of carbonyl (C=O) groups is 1. The van der Waals surface area contributed by atoms with Gasteiger partial charge in [0, 0.05) is 6.54 Å². The highest BCUT2D eigenvalue weighted by atomic mass is 16.4. The lowest BCUT2D eigenvalue weighted by atomic mass is 10.1. The Labute approximate surface area is 83.8 Å².